The number of ether oxygens (including phenoxy) is 2. The zero-order valence-electron chi connectivity index (χ0n) is 18.9. The quantitative estimate of drug-likeness (QED) is 0.166. The molecule has 33 heavy (non-hydrogen) atoms. The Kier molecular flexibility index (Phi) is 8.70. The number of halogens is 3. The average Bonchev–Trinajstić information content (AvgIpc) is 3.10. The summed E-state index contributed by atoms with van der Waals surface area (Å²) in [5, 5.41) is 0.904. The van der Waals surface area contributed by atoms with Crippen LogP contribution >= 0.6 is 23.1 Å². The van der Waals surface area contributed by atoms with Gasteiger partial charge in [-0.25, -0.2) is 4.79 Å². The van der Waals surface area contributed by atoms with E-state index in [0.29, 0.717) is 17.1 Å². The molecule has 0 spiro atoms. The minimum Gasteiger partial charge on any atom is -0.482 e. The van der Waals surface area contributed by atoms with E-state index in [0.717, 1.165) is 57.4 Å². The molecule has 178 valence electrons. The van der Waals surface area contributed by atoms with E-state index in [9.17, 15) is 18.0 Å². The van der Waals surface area contributed by atoms with Crippen LogP contribution in [0, 0.1) is 6.92 Å². The van der Waals surface area contributed by atoms with Crippen molar-refractivity contribution in [1.29, 1.82) is 0 Å². The highest BCUT2D eigenvalue weighted by Gasteiger charge is 2.30. The zero-order valence-corrected chi connectivity index (χ0v) is 20.5. The molecule has 0 N–H and O–H groups in total. The summed E-state index contributed by atoms with van der Waals surface area (Å²) in [6.45, 7) is 6.00. The first-order valence-electron chi connectivity index (χ1n) is 10.9. The minimum absolute atomic E-state index is 0.105. The molecule has 0 aliphatic carbocycles. The Bertz CT molecular complexity index is 1110. The second-order valence-corrected chi connectivity index (χ2v) is 9.83. The molecule has 0 atom stereocenters. The van der Waals surface area contributed by atoms with Crippen molar-refractivity contribution >= 4 is 39.2 Å². The lowest BCUT2D eigenvalue weighted by Gasteiger charge is -2.11. The number of alkyl halides is 3. The standard InChI is InChI=1S/C25H27F3O3S2/c1-4-17-13-19(9-11-21(17)31-15-24(29)30-5-2)32-12-6-7-22-16(3)20-10-8-18(25(26,27)28)14-23(20)33-22/h8-11,13-14H,4-7,12,15H2,1-3H3. The molecule has 1 heterocycles. The molecule has 0 fully saturated rings. The molecular formula is C25H27F3O3S2. The lowest BCUT2D eigenvalue weighted by molar-refractivity contribution is -0.145. The van der Waals surface area contributed by atoms with Gasteiger partial charge in [0.1, 0.15) is 5.75 Å². The molecule has 0 aliphatic heterocycles. The Hall–Kier alpha value is -2.19. The van der Waals surface area contributed by atoms with Crippen LogP contribution in [0.3, 0.4) is 0 Å². The van der Waals surface area contributed by atoms with Gasteiger partial charge < -0.3 is 9.47 Å². The third-order valence-electron chi connectivity index (χ3n) is 5.24. The maximum absolute atomic E-state index is 13.0. The largest absolute Gasteiger partial charge is 0.482 e. The molecule has 0 amide bonds. The first kappa shape index (κ1) is 25.4. The Morgan fingerprint density at radius 3 is 2.61 bits per heavy atom. The van der Waals surface area contributed by atoms with Gasteiger partial charge in [0.05, 0.1) is 12.2 Å². The van der Waals surface area contributed by atoms with Crippen molar-refractivity contribution in [3.8, 4) is 5.75 Å². The van der Waals surface area contributed by atoms with Gasteiger partial charge >= 0.3 is 12.1 Å². The lowest BCUT2D eigenvalue weighted by atomic mass is 10.1. The highest BCUT2D eigenvalue weighted by molar-refractivity contribution is 7.99. The third-order valence-corrected chi connectivity index (χ3v) is 7.64. The molecule has 0 saturated carbocycles. The first-order chi connectivity index (χ1) is 15.7. The number of esters is 1. The second kappa shape index (κ2) is 11.3. The number of aryl methyl sites for hydroxylation is 3. The molecular weight excluding hydrogens is 469 g/mol. The summed E-state index contributed by atoms with van der Waals surface area (Å²) in [6, 6.07) is 9.94. The summed E-state index contributed by atoms with van der Waals surface area (Å²) < 4.78 is 50.2. The molecule has 3 rings (SSSR count). The van der Waals surface area contributed by atoms with E-state index in [2.05, 4.69) is 6.07 Å². The van der Waals surface area contributed by atoms with E-state index in [1.165, 1.54) is 17.4 Å². The number of benzene rings is 2. The summed E-state index contributed by atoms with van der Waals surface area (Å²) in [5.74, 6) is 1.20. The first-order valence-corrected chi connectivity index (χ1v) is 12.7. The van der Waals surface area contributed by atoms with E-state index in [1.807, 2.05) is 26.0 Å². The topological polar surface area (TPSA) is 35.5 Å². The molecule has 2 aromatic carbocycles. The van der Waals surface area contributed by atoms with Crippen molar-refractivity contribution < 1.29 is 27.4 Å². The van der Waals surface area contributed by atoms with E-state index < -0.39 is 11.7 Å². The summed E-state index contributed by atoms with van der Waals surface area (Å²) in [6.07, 6.45) is -1.78. The molecule has 0 aliphatic rings. The summed E-state index contributed by atoms with van der Waals surface area (Å²) in [4.78, 5) is 13.8. The Morgan fingerprint density at radius 1 is 1.12 bits per heavy atom. The number of rotatable bonds is 10. The van der Waals surface area contributed by atoms with Gasteiger partial charge in [0.25, 0.3) is 0 Å². The number of hydrogen-bond donors (Lipinski definition) is 0. The van der Waals surface area contributed by atoms with E-state index in [-0.39, 0.29) is 12.6 Å². The SMILES string of the molecule is CCOC(=O)COc1ccc(SCCCc2sc3cc(C(F)(F)F)ccc3c2C)cc1CC. The van der Waals surface area contributed by atoms with Gasteiger partial charge in [-0.1, -0.05) is 13.0 Å². The van der Waals surface area contributed by atoms with Gasteiger partial charge in [0.15, 0.2) is 6.61 Å². The molecule has 0 unspecified atom stereocenters. The normalized spacial score (nSPS) is 11.7. The minimum atomic E-state index is -4.32. The maximum atomic E-state index is 13.0. The number of thioether (sulfide) groups is 1. The number of carbonyl (C=O) groups is 1. The molecule has 3 nitrogen and oxygen atoms in total. The summed E-state index contributed by atoms with van der Waals surface area (Å²) in [7, 11) is 0. The Balaban J connectivity index is 1.56. The lowest BCUT2D eigenvalue weighted by Crippen LogP contribution is -2.15. The number of hydrogen-bond acceptors (Lipinski definition) is 5. The van der Waals surface area contributed by atoms with Crippen LogP contribution < -0.4 is 4.74 Å². The Morgan fingerprint density at radius 2 is 1.91 bits per heavy atom. The van der Waals surface area contributed by atoms with E-state index >= 15 is 0 Å². The zero-order chi connectivity index (χ0) is 24.0. The van der Waals surface area contributed by atoms with Crippen LogP contribution in [0.5, 0.6) is 5.75 Å². The van der Waals surface area contributed by atoms with Crippen molar-refractivity contribution in [2.24, 2.45) is 0 Å². The van der Waals surface area contributed by atoms with Crippen molar-refractivity contribution in [3.63, 3.8) is 0 Å². The van der Waals surface area contributed by atoms with Gasteiger partial charge in [-0.3, -0.25) is 0 Å². The third kappa shape index (κ3) is 6.67. The molecule has 8 heteroatoms. The average molecular weight is 497 g/mol. The molecule has 1 aromatic heterocycles. The molecule has 0 bridgehead atoms. The highest BCUT2D eigenvalue weighted by Crippen LogP contribution is 2.37. The van der Waals surface area contributed by atoms with Crippen LogP contribution in [-0.4, -0.2) is 24.9 Å². The van der Waals surface area contributed by atoms with Crippen LogP contribution in [-0.2, 0) is 28.5 Å². The highest BCUT2D eigenvalue weighted by atomic mass is 32.2. The molecule has 0 radical (unpaired) electrons. The molecule has 0 saturated heterocycles. The number of carbonyl (C=O) groups excluding carboxylic acids is 1. The van der Waals surface area contributed by atoms with Crippen LogP contribution in [0.1, 0.15) is 41.8 Å². The van der Waals surface area contributed by atoms with Crippen molar-refractivity contribution in [2.75, 3.05) is 19.0 Å². The maximum Gasteiger partial charge on any atom is 0.416 e. The number of fused-ring (bicyclic) bond motifs is 1. The Labute approximate surface area is 200 Å². The summed E-state index contributed by atoms with van der Waals surface area (Å²) >= 11 is 3.19. The smallest absolute Gasteiger partial charge is 0.416 e. The second-order valence-electron chi connectivity index (χ2n) is 7.53. The van der Waals surface area contributed by atoms with Gasteiger partial charge in [-0.15, -0.1) is 23.1 Å². The number of thiophene rings is 1. The van der Waals surface area contributed by atoms with Crippen LogP contribution in [0.2, 0.25) is 0 Å². The van der Waals surface area contributed by atoms with E-state index in [4.69, 9.17) is 9.47 Å². The van der Waals surface area contributed by atoms with Crippen molar-refractivity contribution in [3.05, 3.63) is 58.0 Å². The van der Waals surface area contributed by atoms with Crippen molar-refractivity contribution in [1.82, 2.24) is 0 Å². The fourth-order valence-corrected chi connectivity index (χ4v) is 5.72. The molecule has 3 aromatic rings. The summed E-state index contributed by atoms with van der Waals surface area (Å²) in [5.41, 5.74) is 1.51. The van der Waals surface area contributed by atoms with Crippen LogP contribution in [0.15, 0.2) is 41.3 Å². The van der Waals surface area contributed by atoms with Gasteiger partial charge in [0.2, 0.25) is 0 Å². The van der Waals surface area contributed by atoms with Crippen LogP contribution in [0.4, 0.5) is 13.2 Å². The van der Waals surface area contributed by atoms with Gasteiger partial charge in [-0.05, 0) is 85.7 Å². The van der Waals surface area contributed by atoms with E-state index in [1.54, 1.807) is 24.8 Å². The fraction of sp³-hybridized carbons (Fsp3) is 0.400. The van der Waals surface area contributed by atoms with Gasteiger partial charge in [-0.2, -0.15) is 13.2 Å². The van der Waals surface area contributed by atoms with Crippen molar-refractivity contribution in [2.45, 2.75) is 51.1 Å². The predicted molar refractivity (Wildman–Crippen MR) is 129 cm³/mol. The fourth-order valence-electron chi connectivity index (χ4n) is 3.52. The van der Waals surface area contributed by atoms with Gasteiger partial charge in [0, 0.05) is 14.5 Å². The monoisotopic (exact) mass is 496 g/mol. The predicted octanol–water partition coefficient (Wildman–Crippen LogP) is 7.46. The van der Waals surface area contributed by atoms with Crippen LogP contribution in [0.25, 0.3) is 10.1 Å².